The molecule has 5 nitrogen and oxygen atoms in total. The van der Waals surface area contributed by atoms with Gasteiger partial charge in [-0.1, -0.05) is 38.1 Å². The minimum Gasteiger partial charge on any atom is -0.357 e. The number of carbonyl (C=O) groups excluding carboxylic acids is 2. The normalized spacial score (nSPS) is 21.7. The largest absolute Gasteiger partial charge is 0.357 e. The summed E-state index contributed by atoms with van der Waals surface area (Å²) in [6.07, 6.45) is 6.69. The van der Waals surface area contributed by atoms with Gasteiger partial charge in [-0.2, -0.15) is 0 Å². The van der Waals surface area contributed by atoms with E-state index in [1.165, 1.54) is 11.3 Å². The van der Waals surface area contributed by atoms with Crippen molar-refractivity contribution in [3.63, 3.8) is 0 Å². The van der Waals surface area contributed by atoms with Crippen LogP contribution >= 0.6 is 11.8 Å². The highest BCUT2D eigenvalue weighted by atomic mass is 32.2. The molecule has 1 atom stereocenters. The van der Waals surface area contributed by atoms with Gasteiger partial charge in [0.1, 0.15) is 0 Å². The molecule has 0 unspecified atom stereocenters. The Morgan fingerprint density at radius 2 is 1.74 bits per heavy atom. The Labute approximate surface area is 213 Å². The molecule has 2 aromatic carbocycles. The molecule has 184 valence electrons. The molecular weight excluding hydrogens is 454 g/mol. The number of fused-ring (bicyclic) bond motifs is 1. The number of hydrogen-bond donors (Lipinski definition) is 1. The van der Waals surface area contributed by atoms with Crippen LogP contribution in [0.15, 0.2) is 64.7 Å². The standard InChI is InChI=1S/C29H35N3O2S/c1-29(2)17-23-27(25(33)18-29)28(20-11-13-21(35-3)14-12-20)32(24-10-6-5-9-22(24)30-23)19-26(34)31-15-7-4-8-16-31/h5-6,9-14,28,30H,4,7-8,15-19H2,1-3H3/t28-/m1/s1. The van der Waals surface area contributed by atoms with Gasteiger partial charge in [-0.05, 0) is 67.2 Å². The third-order valence-electron chi connectivity index (χ3n) is 7.45. The second-order valence-corrected chi connectivity index (χ2v) is 11.6. The Kier molecular flexibility index (Phi) is 6.67. The zero-order chi connectivity index (χ0) is 24.6. The predicted octanol–water partition coefficient (Wildman–Crippen LogP) is 6.04. The minimum atomic E-state index is -0.311. The number of nitrogens with one attached hydrogen (secondary N) is 1. The van der Waals surface area contributed by atoms with Gasteiger partial charge in [0.05, 0.1) is 24.0 Å². The fraction of sp³-hybridized carbons (Fsp3) is 0.448. The van der Waals surface area contributed by atoms with Crippen LogP contribution in [0.5, 0.6) is 0 Å². The van der Waals surface area contributed by atoms with E-state index >= 15 is 0 Å². The van der Waals surface area contributed by atoms with E-state index in [2.05, 4.69) is 66.7 Å². The molecule has 1 fully saturated rings. The number of benzene rings is 2. The van der Waals surface area contributed by atoms with Crippen LogP contribution in [0.4, 0.5) is 11.4 Å². The SMILES string of the molecule is CSc1ccc([C@@H]2C3=C(CC(C)(C)CC3=O)Nc3ccccc3N2CC(=O)N2CCCCC2)cc1. The van der Waals surface area contributed by atoms with Crippen molar-refractivity contribution < 1.29 is 9.59 Å². The second-order valence-electron chi connectivity index (χ2n) is 10.7. The van der Waals surface area contributed by atoms with Gasteiger partial charge in [-0.15, -0.1) is 11.8 Å². The van der Waals surface area contributed by atoms with E-state index < -0.39 is 0 Å². The number of nitrogens with zero attached hydrogens (tertiary/aromatic N) is 2. The summed E-state index contributed by atoms with van der Waals surface area (Å²) < 4.78 is 0. The van der Waals surface area contributed by atoms with Gasteiger partial charge >= 0.3 is 0 Å². The van der Waals surface area contributed by atoms with E-state index in [1.807, 2.05) is 17.0 Å². The molecule has 2 heterocycles. The molecule has 0 aromatic heterocycles. The summed E-state index contributed by atoms with van der Waals surface area (Å²) in [4.78, 5) is 32.7. The van der Waals surface area contributed by atoms with Crippen molar-refractivity contribution in [2.45, 2.75) is 56.9 Å². The van der Waals surface area contributed by atoms with Crippen molar-refractivity contribution in [2.24, 2.45) is 5.41 Å². The summed E-state index contributed by atoms with van der Waals surface area (Å²) in [6.45, 7) is 6.21. The molecular formula is C29H35N3O2S. The average molecular weight is 490 g/mol. The van der Waals surface area contributed by atoms with Crippen LogP contribution in [0.2, 0.25) is 0 Å². The predicted molar refractivity (Wildman–Crippen MR) is 144 cm³/mol. The van der Waals surface area contributed by atoms with Crippen molar-refractivity contribution in [2.75, 3.05) is 36.1 Å². The molecule has 2 aromatic rings. The molecule has 3 aliphatic rings. The minimum absolute atomic E-state index is 0.107. The fourth-order valence-corrected chi connectivity index (χ4v) is 6.16. The van der Waals surface area contributed by atoms with Crippen molar-refractivity contribution in [3.8, 4) is 0 Å². The molecule has 5 rings (SSSR count). The van der Waals surface area contributed by atoms with Crippen molar-refractivity contribution in [1.82, 2.24) is 4.90 Å². The summed E-state index contributed by atoms with van der Waals surface area (Å²) in [5.74, 6) is 0.309. The average Bonchev–Trinajstić information content (AvgIpc) is 2.98. The number of thioether (sulfide) groups is 1. The third kappa shape index (κ3) is 4.86. The van der Waals surface area contributed by atoms with Gasteiger partial charge in [-0.25, -0.2) is 0 Å². The van der Waals surface area contributed by atoms with E-state index in [1.54, 1.807) is 11.8 Å². The molecule has 1 amide bonds. The van der Waals surface area contributed by atoms with Crippen LogP contribution < -0.4 is 10.2 Å². The summed E-state index contributed by atoms with van der Waals surface area (Å²) in [5.41, 5.74) is 4.67. The van der Waals surface area contributed by atoms with Crippen molar-refractivity contribution in [1.29, 1.82) is 0 Å². The quantitative estimate of drug-likeness (QED) is 0.531. The lowest BCUT2D eigenvalue weighted by molar-refractivity contribution is -0.130. The van der Waals surface area contributed by atoms with Crippen LogP contribution in [0.1, 0.15) is 57.6 Å². The first-order valence-corrected chi connectivity index (χ1v) is 13.9. The highest BCUT2D eigenvalue weighted by Gasteiger charge is 2.42. The molecule has 0 radical (unpaired) electrons. The maximum atomic E-state index is 13.8. The van der Waals surface area contributed by atoms with Crippen molar-refractivity contribution in [3.05, 3.63) is 65.4 Å². The number of rotatable bonds is 4. The molecule has 1 N–H and O–H groups in total. The molecule has 1 aliphatic carbocycles. The molecule has 0 saturated carbocycles. The van der Waals surface area contributed by atoms with E-state index in [0.717, 1.165) is 60.6 Å². The molecule has 0 spiro atoms. The van der Waals surface area contributed by atoms with Gasteiger partial charge in [0.25, 0.3) is 0 Å². The Morgan fingerprint density at radius 1 is 1.03 bits per heavy atom. The van der Waals surface area contributed by atoms with Crippen LogP contribution in [0.25, 0.3) is 0 Å². The third-order valence-corrected chi connectivity index (χ3v) is 8.19. The van der Waals surface area contributed by atoms with Crippen LogP contribution in [0, 0.1) is 5.41 Å². The molecule has 1 saturated heterocycles. The van der Waals surface area contributed by atoms with Crippen molar-refractivity contribution >= 4 is 34.8 Å². The number of para-hydroxylation sites is 2. The van der Waals surface area contributed by atoms with E-state index in [9.17, 15) is 9.59 Å². The molecule has 0 bridgehead atoms. The lowest BCUT2D eigenvalue weighted by atomic mass is 9.73. The Bertz CT molecular complexity index is 1150. The number of carbonyl (C=O) groups is 2. The smallest absolute Gasteiger partial charge is 0.242 e. The van der Waals surface area contributed by atoms with Gasteiger partial charge in [0.2, 0.25) is 5.91 Å². The number of hydrogen-bond acceptors (Lipinski definition) is 5. The highest BCUT2D eigenvalue weighted by Crippen LogP contribution is 2.48. The molecule has 6 heteroatoms. The highest BCUT2D eigenvalue weighted by molar-refractivity contribution is 7.98. The molecule has 2 aliphatic heterocycles. The summed E-state index contributed by atoms with van der Waals surface area (Å²) in [6, 6.07) is 16.3. The lowest BCUT2D eigenvalue weighted by Gasteiger charge is -2.39. The van der Waals surface area contributed by atoms with E-state index in [0.29, 0.717) is 6.42 Å². The monoisotopic (exact) mass is 489 g/mol. The number of piperidine rings is 1. The molecule has 35 heavy (non-hydrogen) atoms. The summed E-state index contributed by atoms with van der Waals surface area (Å²) in [7, 11) is 0. The number of Topliss-reactive ketones (excluding diaryl/α,β-unsaturated/α-hetero) is 1. The zero-order valence-corrected chi connectivity index (χ0v) is 21.8. The van der Waals surface area contributed by atoms with Gasteiger partial charge in [-0.3, -0.25) is 9.59 Å². The zero-order valence-electron chi connectivity index (χ0n) is 21.0. The van der Waals surface area contributed by atoms with E-state index in [-0.39, 0.29) is 29.7 Å². The summed E-state index contributed by atoms with van der Waals surface area (Å²) >= 11 is 1.70. The Hall–Kier alpha value is -2.73. The maximum absolute atomic E-state index is 13.8. The number of anilines is 2. The first-order chi connectivity index (χ1) is 16.9. The van der Waals surface area contributed by atoms with Crippen LogP contribution in [0.3, 0.4) is 0 Å². The summed E-state index contributed by atoms with van der Waals surface area (Å²) in [5, 5.41) is 3.64. The topological polar surface area (TPSA) is 52.7 Å². The number of amides is 1. The van der Waals surface area contributed by atoms with Gasteiger partial charge < -0.3 is 15.1 Å². The second kappa shape index (κ2) is 9.73. The van der Waals surface area contributed by atoms with Gasteiger partial charge in [0, 0.05) is 35.7 Å². The number of allylic oxidation sites excluding steroid dienone is 1. The lowest BCUT2D eigenvalue weighted by Crippen LogP contribution is -2.45. The first kappa shape index (κ1) is 24.0. The van der Waals surface area contributed by atoms with Crippen LogP contribution in [-0.2, 0) is 9.59 Å². The number of likely N-dealkylation sites (tertiary alicyclic amines) is 1. The van der Waals surface area contributed by atoms with Crippen LogP contribution in [-0.4, -0.2) is 42.5 Å². The fourth-order valence-electron chi connectivity index (χ4n) is 5.75. The Morgan fingerprint density at radius 3 is 2.46 bits per heavy atom. The first-order valence-electron chi connectivity index (χ1n) is 12.7. The maximum Gasteiger partial charge on any atom is 0.242 e. The van der Waals surface area contributed by atoms with Gasteiger partial charge in [0.15, 0.2) is 5.78 Å². The Balaban J connectivity index is 1.65. The number of ketones is 1. The van der Waals surface area contributed by atoms with E-state index in [4.69, 9.17) is 0 Å².